The molecule has 68 valence electrons. The van der Waals surface area contributed by atoms with E-state index in [1.807, 2.05) is 18.4 Å². The van der Waals surface area contributed by atoms with Crippen LogP contribution in [0.4, 0.5) is 0 Å². The van der Waals surface area contributed by atoms with E-state index in [1.165, 1.54) is 5.57 Å². The lowest BCUT2D eigenvalue weighted by Gasteiger charge is -2.28. The van der Waals surface area contributed by atoms with E-state index in [2.05, 4.69) is 19.4 Å². The van der Waals surface area contributed by atoms with Crippen molar-refractivity contribution >= 4 is 0 Å². The predicted octanol–water partition coefficient (Wildman–Crippen LogP) is 0.0612. The number of nitrogens with one attached hydrogen (secondary N) is 1. The molecule has 1 aliphatic heterocycles. The molecule has 12 heavy (non-hydrogen) atoms. The van der Waals surface area contributed by atoms with Gasteiger partial charge in [-0.3, -0.25) is 10.9 Å². The van der Waals surface area contributed by atoms with Crippen LogP contribution in [0.2, 0.25) is 0 Å². The zero-order valence-electron chi connectivity index (χ0n) is 7.49. The van der Waals surface area contributed by atoms with Crippen molar-refractivity contribution in [2.75, 3.05) is 0 Å². The summed E-state index contributed by atoms with van der Waals surface area (Å²) >= 11 is 0. The molecule has 1 unspecified atom stereocenters. The molecule has 0 fully saturated rings. The van der Waals surface area contributed by atoms with Crippen LogP contribution >= 0.6 is 0 Å². The summed E-state index contributed by atoms with van der Waals surface area (Å²) in [6, 6.07) is 0. The van der Waals surface area contributed by atoms with Gasteiger partial charge in [0.05, 0.1) is 0 Å². The topological polar surface area (TPSA) is 67.3 Å². The molecular weight excluding hydrogens is 152 g/mol. The van der Waals surface area contributed by atoms with E-state index < -0.39 is 0 Å². The Balaban J connectivity index is 2.69. The molecule has 0 radical (unpaired) electrons. The van der Waals surface area contributed by atoms with Gasteiger partial charge in [0.1, 0.15) is 6.17 Å². The van der Waals surface area contributed by atoms with Crippen molar-refractivity contribution in [3.05, 3.63) is 23.9 Å². The Morgan fingerprint density at radius 3 is 2.67 bits per heavy atom. The van der Waals surface area contributed by atoms with Crippen molar-refractivity contribution in [2.24, 2.45) is 17.5 Å². The highest BCUT2D eigenvalue weighted by Gasteiger charge is 2.12. The van der Waals surface area contributed by atoms with E-state index in [0.717, 1.165) is 0 Å². The van der Waals surface area contributed by atoms with Gasteiger partial charge in [-0.15, -0.1) is 0 Å². The van der Waals surface area contributed by atoms with E-state index >= 15 is 0 Å². The maximum atomic E-state index is 5.77. The van der Waals surface area contributed by atoms with E-state index in [0.29, 0.717) is 5.92 Å². The molecule has 4 heteroatoms. The first-order chi connectivity index (χ1) is 5.65. The van der Waals surface area contributed by atoms with Gasteiger partial charge in [0.25, 0.3) is 0 Å². The number of hydrazine groups is 2. The second-order valence-electron chi connectivity index (χ2n) is 3.16. The SMILES string of the molecule is CC(C)C1=CC(N)N(NN)C=C1. The summed E-state index contributed by atoms with van der Waals surface area (Å²) in [5.41, 5.74) is 9.51. The Morgan fingerprint density at radius 2 is 2.25 bits per heavy atom. The third kappa shape index (κ3) is 1.85. The zero-order valence-corrected chi connectivity index (χ0v) is 7.49. The van der Waals surface area contributed by atoms with Gasteiger partial charge in [-0.05, 0) is 23.6 Å². The maximum Gasteiger partial charge on any atom is 0.112 e. The summed E-state index contributed by atoms with van der Waals surface area (Å²) in [5, 5.41) is 1.64. The van der Waals surface area contributed by atoms with Gasteiger partial charge in [-0.2, -0.15) is 5.53 Å². The molecule has 1 atom stereocenters. The first-order valence-electron chi connectivity index (χ1n) is 4.05. The Morgan fingerprint density at radius 1 is 1.58 bits per heavy atom. The standard InChI is InChI=1S/C8H16N4/c1-6(2)7-3-4-12(11-10)8(9)5-7/h3-6,8,11H,9-10H2,1-2H3. The summed E-state index contributed by atoms with van der Waals surface area (Å²) in [4.78, 5) is 0. The second-order valence-corrected chi connectivity index (χ2v) is 3.16. The zero-order chi connectivity index (χ0) is 9.14. The molecule has 1 rings (SSSR count). The van der Waals surface area contributed by atoms with Crippen LogP contribution in [0, 0.1) is 5.92 Å². The van der Waals surface area contributed by atoms with Crippen LogP contribution in [-0.4, -0.2) is 11.2 Å². The molecule has 0 aromatic rings. The highest BCUT2D eigenvalue weighted by Crippen LogP contribution is 2.16. The van der Waals surface area contributed by atoms with Gasteiger partial charge < -0.3 is 5.73 Å². The average Bonchev–Trinajstić information content (AvgIpc) is 2.04. The van der Waals surface area contributed by atoms with Crippen molar-refractivity contribution in [1.82, 2.24) is 10.5 Å². The summed E-state index contributed by atoms with van der Waals surface area (Å²) in [6.45, 7) is 4.27. The van der Waals surface area contributed by atoms with Gasteiger partial charge in [0.2, 0.25) is 0 Å². The number of nitrogens with zero attached hydrogens (tertiary/aromatic N) is 1. The minimum Gasteiger partial charge on any atom is -0.307 e. The fourth-order valence-electron chi connectivity index (χ4n) is 1.11. The lowest BCUT2D eigenvalue weighted by molar-refractivity contribution is 0.229. The number of nitrogens with two attached hydrogens (primary N) is 2. The van der Waals surface area contributed by atoms with Crippen molar-refractivity contribution in [2.45, 2.75) is 20.0 Å². The molecule has 0 bridgehead atoms. The average molecular weight is 168 g/mol. The molecule has 0 aliphatic carbocycles. The molecule has 1 heterocycles. The molecule has 5 N–H and O–H groups in total. The van der Waals surface area contributed by atoms with E-state index in [9.17, 15) is 0 Å². The Kier molecular flexibility index (Phi) is 2.86. The normalized spacial score (nSPS) is 23.2. The molecule has 0 spiro atoms. The molecule has 0 amide bonds. The molecule has 0 saturated carbocycles. The smallest absolute Gasteiger partial charge is 0.112 e. The maximum absolute atomic E-state index is 5.77. The van der Waals surface area contributed by atoms with Crippen LogP contribution in [0.1, 0.15) is 13.8 Å². The van der Waals surface area contributed by atoms with Crippen LogP contribution in [0.5, 0.6) is 0 Å². The highest BCUT2D eigenvalue weighted by molar-refractivity contribution is 5.25. The number of hydrogen-bond acceptors (Lipinski definition) is 4. The first kappa shape index (κ1) is 9.25. The third-order valence-corrected chi connectivity index (χ3v) is 1.93. The monoisotopic (exact) mass is 168 g/mol. The van der Waals surface area contributed by atoms with Crippen molar-refractivity contribution in [3.63, 3.8) is 0 Å². The van der Waals surface area contributed by atoms with Crippen LogP contribution in [0.15, 0.2) is 23.9 Å². The lowest BCUT2D eigenvalue weighted by atomic mass is 10.0. The lowest BCUT2D eigenvalue weighted by Crippen LogP contribution is -2.50. The van der Waals surface area contributed by atoms with Gasteiger partial charge >= 0.3 is 0 Å². The Hall–Kier alpha value is -0.840. The van der Waals surface area contributed by atoms with Gasteiger partial charge in [-0.1, -0.05) is 13.8 Å². The van der Waals surface area contributed by atoms with Crippen LogP contribution < -0.4 is 17.1 Å². The molecule has 0 aromatic heterocycles. The van der Waals surface area contributed by atoms with Crippen LogP contribution in [-0.2, 0) is 0 Å². The minimum absolute atomic E-state index is 0.169. The number of rotatable bonds is 2. The molecule has 4 nitrogen and oxygen atoms in total. The van der Waals surface area contributed by atoms with Crippen molar-refractivity contribution in [1.29, 1.82) is 0 Å². The summed E-state index contributed by atoms with van der Waals surface area (Å²) in [6.07, 6.45) is 5.68. The largest absolute Gasteiger partial charge is 0.307 e. The third-order valence-electron chi connectivity index (χ3n) is 1.93. The summed E-state index contributed by atoms with van der Waals surface area (Å²) in [7, 11) is 0. The minimum atomic E-state index is -0.169. The van der Waals surface area contributed by atoms with E-state index in [1.54, 1.807) is 5.01 Å². The number of allylic oxidation sites excluding steroid dienone is 2. The Labute approximate surface area is 72.8 Å². The highest BCUT2D eigenvalue weighted by atomic mass is 15.6. The summed E-state index contributed by atoms with van der Waals surface area (Å²) in [5.74, 6) is 5.74. The molecule has 0 aromatic carbocycles. The van der Waals surface area contributed by atoms with Gasteiger partial charge in [0, 0.05) is 6.20 Å². The fourth-order valence-corrected chi connectivity index (χ4v) is 1.11. The van der Waals surface area contributed by atoms with Crippen LogP contribution in [0.3, 0.4) is 0 Å². The fraction of sp³-hybridized carbons (Fsp3) is 0.500. The van der Waals surface area contributed by atoms with Crippen LogP contribution in [0.25, 0.3) is 0 Å². The first-order valence-corrected chi connectivity index (χ1v) is 4.05. The predicted molar refractivity (Wildman–Crippen MR) is 49.2 cm³/mol. The van der Waals surface area contributed by atoms with Crippen molar-refractivity contribution in [3.8, 4) is 0 Å². The van der Waals surface area contributed by atoms with Gasteiger partial charge in [0.15, 0.2) is 0 Å². The number of hydrogen-bond donors (Lipinski definition) is 3. The molecular formula is C8H16N4. The second kappa shape index (κ2) is 3.71. The van der Waals surface area contributed by atoms with Gasteiger partial charge in [-0.25, -0.2) is 0 Å². The quantitative estimate of drug-likeness (QED) is 0.403. The molecule has 0 saturated heterocycles. The summed E-state index contributed by atoms with van der Waals surface area (Å²) < 4.78 is 0. The van der Waals surface area contributed by atoms with E-state index in [-0.39, 0.29) is 6.17 Å². The molecule has 1 aliphatic rings. The Bertz CT molecular complexity index is 207. The van der Waals surface area contributed by atoms with Crippen molar-refractivity contribution < 1.29 is 0 Å². The van der Waals surface area contributed by atoms with E-state index in [4.69, 9.17) is 11.6 Å².